The van der Waals surface area contributed by atoms with Gasteiger partial charge in [-0.3, -0.25) is 4.79 Å². The Morgan fingerprint density at radius 1 is 1.30 bits per heavy atom. The number of fused-ring (bicyclic) bond motifs is 1. The topological polar surface area (TPSA) is 59.3 Å². The largest absolute Gasteiger partial charge is 0.320 e. The van der Waals surface area contributed by atoms with Crippen molar-refractivity contribution in [3.8, 4) is 0 Å². The monoisotopic (exact) mass is 326 g/mol. The number of hydrogen-bond donors (Lipinski definition) is 1. The molecule has 2 aromatic heterocycles. The van der Waals surface area contributed by atoms with Crippen molar-refractivity contribution in [1.82, 2.24) is 14.6 Å². The first kappa shape index (κ1) is 14.2. The lowest BCUT2D eigenvalue weighted by molar-refractivity contribution is 0.102. The first-order chi connectivity index (χ1) is 11.1. The number of amides is 1. The van der Waals surface area contributed by atoms with Crippen molar-refractivity contribution in [3.63, 3.8) is 0 Å². The Hall–Kier alpha value is -2.40. The normalized spacial score (nSPS) is 14.2. The molecule has 1 aliphatic rings. The van der Waals surface area contributed by atoms with Crippen molar-refractivity contribution >= 4 is 28.8 Å². The smallest absolute Gasteiger partial charge is 0.276 e. The summed E-state index contributed by atoms with van der Waals surface area (Å²) < 4.78 is 1.67. The summed E-state index contributed by atoms with van der Waals surface area (Å²) in [6.45, 7) is 1.87. The van der Waals surface area contributed by atoms with Crippen molar-refractivity contribution in [2.24, 2.45) is 0 Å². The van der Waals surface area contributed by atoms with E-state index < -0.39 is 0 Å². The van der Waals surface area contributed by atoms with E-state index in [0.29, 0.717) is 22.3 Å². The predicted molar refractivity (Wildman–Crippen MR) is 89.1 cm³/mol. The van der Waals surface area contributed by atoms with E-state index in [2.05, 4.69) is 15.4 Å². The number of carbonyl (C=O) groups excluding carboxylic acids is 1. The number of benzene rings is 1. The minimum Gasteiger partial charge on any atom is -0.320 e. The fraction of sp³-hybridized carbons (Fsp3) is 0.235. The van der Waals surface area contributed by atoms with Crippen LogP contribution in [0.4, 0.5) is 5.69 Å². The molecule has 0 radical (unpaired) electrons. The second-order valence-electron chi connectivity index (χ2n) is 5.83. The molecule has 1 saturated carbocycles. The van der Waals surface area contributed by atoms with Crippen LogP contribution in [0.3, 0.4) is 0 Å². The fourth-order valence-electron chi connectivity index (χ4n) is 2.53. The molecule has 0 saturated heterocycles. The van der Waals surface area contributed by atoms with Gasteiger partial charge in [-0.05, 0) is 49.6 Å². The van der Waals surface area contributed by atoms with Crippen LogP contribution in [0.15, 0.2) is 36.5 Å². The van der Waals surface area contributed by atoms with E-state index in [9.17, 15) is 4.79 Å². The molecular weight excluding hydrogens is 312 g/mol. The van der Waals surface area contributed by atoms with E-state index in [1.165, 1.54) is 12.8 Å². The highest BCUT2D eigenvalue weighted by Gasteiger charge is 2.26. The first-order valence-electron chi connectivity index (χ1n) is 7.54. The summed E-state index contributed by atoms with van der Waals surface area (Å²) in [5.41, 5.74) is 3.69. The summed E-state index contributed by atoms with van der Waals surface area (Å²) in [5, 5.41) is 7.84. The van der Waals surface area contributed by atoms with Gasteiger partial charge in [0.1, 0.15) is 5.69 Å². The summed E-state index contributed by atoms with van der Waals surface area (Å²) in [7, 11) is 0. The minimum atomic E-state index is -0.265. The Morgan fingerprint density at radius 2 is 2.13 bits per heavy atom. The maximum atomic E-state index is 12.4. The zero-order chi connectivity index (χ0) is 16.0. The highest BCUT2D eigenvalue weighted by molar-refractivity contribution is 6.31. The molecule has 1 N–H and O–H groups in total. The average molecular weight is 327 g/mol. The summed E-state index contributed by atoms with van der Waals surface area (Å²) in [6.07, 6.45) is 4.28. The van der Waals surface area contributed by atoms with E-state index in [-0.39, 0.29) is 5.91 Å². The van der Waals surface area contributed by atoms with Crippen LogP contribution in [0.5, 0.6) is 0 Å². The first-order valence-corrected chi connectivity index (χ1v) is 7.92. The van der Waals surface area contributed by atoms with Gasteiger partial charge in [-0.2, -0.15) is 5.10 Å². The molecule has 2 heterocycles. The molecule has 1 amide bonds. The number of hydrogen-bond acceptors (Lipinski definition) is 3. The lowest BCUT2D eigenvalue weighted by Gasteiger charge is -2.09. The molecular formula is C17H15ClN4O. The van der Waals surface area contributed by atoms with E-state index in [0.717, 1.165) is 16.9 Å². The van der Waals surface area contributed by atoms with Crippen LogP contribution in [0.1, 0.15) is 40.5 Å². The van der Waals surface area contributed by atoms with Crippen LogP contribution in [0, 0.1) is 6.92 Å². The van der Waals surface area contributed by atoms with Crippen molar-refractivity contribution in [2.45, 2.75) is 25.7 Å². The third-order valence-electron chi connectivity index (χ3n) is 4.08. The Kier molecular flexibility index (Phi) is 3.31. The molecule has 1 aliphatic carbocycles. The molecule has 1 aromatic carbocycles. The van der Waals surface area contributed by atoms with Gasteiger partial charge < -0.3 is 5.32 Å². The molecule has 6 heteroatoms. The van der Waals surface area contributed by atoms with Crippen LogP contribution in [-0.4, -0.2) is 20.5 Å². The van der Waals surface area contributed by atoms with Gasteiger partial charge in [0.05, 0.1) is 11.9 Å². The molecule has 5 nitrogen and oxygen atoms in total. The molecule has 0 spiro atoms. The lowest BCUT2D eigenvalue weighted by atomic mass is 10.2. The van der Waals surface area contributed by atoms with Gasteiger partial charge in [0.25, 0.3) is 5.91 Å². The summed E-state index contributed by atoms with van der Waals surface area (Å²) >= 11 is 6.08. The van der Waals surface area contributed by atoms with Gasteiger partial charge in [-0.25, -0.2) is 9.50 Å². The number of anilines is 1. The SMILES string of the molecule is Cc1c(Cl)cccc1NC(=O)c1ccc2nc(C3CC3)cn2n1. The molecule has 0 bridgehead atoms. The quantitative estimate of drug-likeness (QED) is 0.796. The zero-order valence-corrected chi connectivity index (χ0v) is 13.3. The highest BCUT2D eigenvalue weighted by Crippen LogP contribution is 2.39. The Labute approximate surface area is 138 Å². The van der Waals surface area contributed by atoms with Crippen LogP contribution >= 0.6 is 11.6 Å². The van der Waals surface area contributed by atoms with Crippen LogP contribution < -0.4 is 5.32 Å². The average Bonchev–Trinajstić information content (AvgIpc) is 3.30. The van der Waals surface area contributed by atoms with Crippen LogP contribution in [-0.2, 0) is 0 Å². The Bertz CT molecular complexity index is 914. The van der Waals surface area contributed by atoms with Gasteiger partial charge >= 0.3 is 0 Å². The third-order valence-corrected chi connectivity index (χ3v) is 4.49. The molecule has 0 atom stereocenters. The number of aromatic nitrogens is 3. The van der Waals surface area contributed by atoms with Crippen molar-refractivity contribution in [3.05, 3.63) is 58.5 Å². The lowest BCUT2D eigenvalue weighted by Crippen LogP contribution is -2.15. The van der Waals surface area contributed by atoms with Gasteiger partial charge in [-0.15, -0.1) is 0 Å². The molecule has 0 unspecified atom stereocenters. The van der Waals surface area contributed by atoms with Crippen molar-refractivity contribution in [1.29, 1.82) is 0 Å². The second kappa shape index (κ2) is 5.35. The highest BCUT2D eigenvalue weighted by atomic mass is 35.5. The molecule has 116 valence electrons. The van der Waals surface area contributed by atoms with Crippen LogP contribution in [0.25, 0.3) is 5.65 Å². The Balaban J connectivity index is 1.62. The Morgan fingerprint density at radius 3 is 2.91 bits per heavy atom. The number of imidazole rings is 1. The number of carbonyl (C=O) groups is 1. The standard InChI is InChI=1S/C17H15ClN4O/c1-10-12(18)3-2-4-13(10)20-17(23)14-7-8-16-19-15(11-5-6-11)9-22(16)21-14/h2-4,7-9,11H,5-6H2,1H3,(H,20,23). The van der Waals surface area contributed by atoms with Gasteiger partial charge in [0, 0.05) is 16.6 Å². The van der Waals surface area contributed by atoms with Crippen molar-refractivity contribution in [2.75, 3.05) is 5.32 Å². The fourth-order valence-corrected chi connectivity index (χ4v) is 2.70. The van der Waals surface area contributed by atoms with E-state index in [4.69, 9.17) is 11.6 Å². The maximum Gasteiger partial charge on any atom is 0.276 e. The molecule has 23 heavy (non-hydrogen) atoms. The van der Waals surface area contributed by atoms with Gasteiger partial charge in [-0.1, -0.05) is 17.7 Å². The molecule has 0 aliphatic heterocycles. The molecule has 4 rings (SSSR count). The number of rotatable bonds is 3. The van der Waals surface area contributed by atoms with Gasteiger partial charge in [0.15, 0.2) is 5.65 Å². The van der Waals surface area contributed by atoms with Gasteiger partial charge in [0.2, 0.25) is 0 Å². The summed E-state index contributed by atoms with van der Waals surface area (Å²) in [6, 6.07) is 8.92. The number of nitrogens with one attached hydrogen (secondary N) is 1. The predicted octanol–water partition coefficient (Wildman–Crippen LogP) is 3.82. The number of halogens is 1. The third kappa shape index (κ3) is 2.68. The maximum absolute atomic E-state index is 12.4. The molecule has 3 aromatic rings. The second-order valence-corrected chi connectivity index (χ2v) is 6.24. The number of nitrogens with zero attached hydrogens (tertiary/aromatic N) is 3. The van der Waals surface area contributed by atoms with Crippen molar-refractivity contribution < 1.29 is 4.79 Å². The van der Waals surface area contributed by atoms with E-state index >= 15 is 0 Å². The molecule has 1 fully saturated rings. The van der Waals surface area contributed by atoms with Crippen LogP contribution in [0.2, 0.25) is 5.02 Å². The minimum absolute atomic E-state index is 0.265. The zero-order valence-electron chi connectivity index (χ0n) is 12.6. The van der Waals surface area contributed by atoms with E-state index in [1.54, 1.807) is 22.7 Å². The van der Waals surface area contributed by atoms with E-state index in [1.807, 2.05) is 25.3 Å². The summed E-state index contributed by atoms with van der Waals surface area (Å²) in [4.78, 5) is 17.0. The summed E-state index contributed by atoms with van der Waals surface area (Å²) in [5.74, 6) is 0.294.